The summed E-state index contributed by atoms with van der Waals surface area (Å²) in [6, 6.07) is 82.1. The number of rotatable bonds is 6. The average Bonchev–Trinajstić information content (AvgIpc) is 3.84. The Labute approximate surface area is 352 Å². The molecule has 0 amide bonds. The van der Waals surface area contributed by atoms with Crippen molar-refractivity contribution in [1.29, 1.82) is 0 Å². The molecule has 13 rings (SSSR count). The fourth-order valence-electron chi connectivity index (χ4n) is 10.2. The summed E-state index contributed by atoms with van der Waals surface area (Å²) in [6.07, 6.45) is 0. The van der Waals surface area contributed by atoms with Crippen molar-refractivity contribution in [2.75, 3.05) is 4.90 Å². The highest BCUT2D eigenvalue weighted by Gasteiger charge is 2.21. The highest BCUT2D eigenvalue weighted by Crippen LogP contribution is 2.46. The van der Waals surface area contributed by atoms with Crippen molar-refractivity contribution in [2.45, 2.75) is 0 Å². The van der Waals surface area contributed by atoms with Crippen molar-refractivity contribution < 1.29 is 0 Å². The summed E-state index contributed by atoms with van der Waals surface area (Å²) in [4.78, 5) is 2.32. The Kier molecular flexibility index (Phi) is 7.31. The number of benzene rings is 11. The van der Waals surface area contributed by atoms with Gasteiger partial charge in [-0.2, -0.15) is 0 Å². The lowest BCUT2D eigenvalue weighted by Crippen LogP contribution is -2.09. The van der Waals surface area contributed by atoms with E-state index in [1.54, 1.807) is 0 Å². The first-order valence-corrected chi connectivity index (χ1v) is 21.0. The molecule has 2 aromatic heterocycles. The van der Waals surface area contributed by atoms with Gasteiger partial charge in [0, 0.05) is 50.0 Å². The van der Waals surface area contributed by atoms with Crippen molar-refractivity contribution in [1.82, 2.24) is 9.13 Å². The van der Waals surface area contributed by atoms with Crippen molar-refractivity contribution in [3.63, 3.8) is 0 Å². The Morgan fingerprint density at radius 1 is 0.279 bits per heavy atom. The molecule has 2 heterocycles. The molecule has 11 aromatic carbocycles. The summed E-state index contributed by atoms with van der Waals surface area (Å²) in [7, 11) is 0. The second kappa shape index (κ2) is 13.2. The van der Waals surface area contributed by atoms with E-state index >= 15 is 0 Å². The van der Waals surface area contributed by atoms with Gasteiger partial charge in [-0.1, -0.05) is 140 Å². The highest BCUT2D eigenvalue weighted by atomic mass is 15.1. The summed E-state index contributed by atoms with van der Waals surface area (Å²) < 4.78 is 4.87. The number of hydrogen-bond donors (Lipinski definition) is 0. The maximum Gasteiger partial charge on any atom is 0.0553 e. The Morgan fingerprint density at radius 2 is 0.820 bits per heavy atom. The second-order valence-electron chi connectivity index (χ2n) is 16.1. The van der Waals surface area contributed by atoms with E-state index < -0.39 is 0 Å². The molecule has 3 heteroatoms. The Bertz CT molecular complexity index is 3750. The molecule has 0 N–H and O–H groups in total. The number of fused-ring (bicyclic) bond motifs is 7. The van der Waals surface area contributed by atoms with Crippen molar-refractivity contribution in [3.05, 3.63) is 224 Å². The van der Waals surface area contributed by atoms with E-state index in [2.05, 4.69) is 238 Å². The van der Waals surface area contributed by atoms with E-state index in [-0.39, 0.29) is 0 Å². The average molecular weight is 776 g/mol. The lowest BCUT2D eigenvalue weighted by molar-refractivity contribution is 1.17. The number of nitrogens with zero attached hydrogens (tertiary/aromatic N) is 3. The van der Waals surface area contributed by atoms with Crippen LogP contribution in [-0.4, -0.2) is 9.13 Å². The zero-order chi connectivity index (χ0) is 40.0. The van der Waals surface area contributed by atoms with Gasteiger partial charge in [0.05, 0.1) is 22.1 Å². The molecule has 0 aliphatic carbocycles. The molecule has 0 aliphatic heterocycles. The SMILES string of the molecule is c1ccc(N(c2ccccc2)c2ccc(-c3ccc4ccc5c6c(ccc3c46)cc3c5c4ccccc4n3-c3ccc4c(c3)c3ccccc3n4-c3ccccc3)cc2)cc1. The van der Waals surface area contributed by atoms with Gasteiger partial charge in [-0.25, -0.2) is 0 Å². The largest absolute Gasteiger partial charge is 0.311 e. The van der Waals surface area contributed by atoms with Crippen LogP contribution in [-0.2, 0) is 0 Å². The molecule has 0 unspecified atom stereocenters. The lowest BCUT2D eigenvalue weighted by Gasteiger charge is -2.25. The van der Waals surface area contributed by atoms with Gasteiger partial charge in [0.15, 0.2) is 0 Å². The van der Waals surface area contributed by atoms with Crippen molar-refractivity contribution >= 4 is 93.0 Å². The first-order chi connectivity index (χ1) is 30.3. The standard InChI is InChI=1S/C58H37N3/c1-4-14-41(15-5-1)59(42-16-6-2-7-17-42)44-29-24-38(25-30-44)46-32-26-39-27-34-50-57-40(28-33-48(46)56(39)57)36-55-58(50)49-21-11-13-23-53(49)61(55)45-31-35-54-51(37-45)47-20-10-12-22-52(47)60(54)43-18-8-3-9-19-43/h1-37H. The number of anilines is 3. The first-order valence-electron chi connectivity index (χ1n) is 21.0. The zero-order valence-electron chi connectivity index (χ0n) is 33.2. The highest BCUT2D eigenvalue weighted by molar-refractivity contribution is 6.34. The maximum atomic E-state index is 2.48. The van der Waals surface area contributed by atoms with Crippen LogP contribution in [0.2, 0.25) is 0 Å². The van der Waals surface area contributed by atoms with E-state index in [0.29, 0.717) is 0 Å². The van der Waals surface area contributed by atoms with Crippen LogP contribution < -0.4 is 4.90 Å². The molecular formula is C58H37N3. The van der Waals surface area contributed by atoms with Crippen LogP contribution in [0.3, 0.4) is 0 Å². The third-order valence-electron chi connectivity index (χ3n) is 12.8. The third kappa shape index (κ3) is 5.04. The van der Waals surface area contributed by atoms with Gasteiger partial charge in [0.1, 0.15) is 0 Å². The van der Waals surface area contributed by atoms with Gasteiger partial charge in [-0.15, -0.1) is 0 Å². The normalized spacial score (nSPS) is 11.9. The van der Waals surface area contributed by atoms with Crippen LogP contribution >= 0.6 is 0 Å². The predicted molar refractivity (Wildman–Crippen MR) is 259 cm³/mol. The van der Waals surface area contributed by atoms with Crippen LogP contribution in [0.15, 0.2) is 224 Å². The van der Waals surface area contributed by atoms with E-state index in [4.69, 9.17) is 0 Å². The minimum absolute atomic E-state index is 1.12. The van der Waals surface area contributed by atoms with E-state index in [9.17, 15) is 0 Å². The Morgan fingerprint density at radius 3 is 1.56 bits per heavy atom. The van der Waals surface area contributed by atoms with Crippen LogP contribution in [0.4, 0.5) is 17.1 Å². The van der Waals surface area contributed by atoms with Crippen molar-refractivity contribution in [2.24, 2.45) is 0 Å². The minimum Gasteiger partial charge on any atom is -0.311 e. The number of para-hydroxylation sites is 5. The monoisotopic (exact) mass is 775 g/mol. The molecule has 61 heavy (non-hydrogen) atoms. The zero-order valence-corrected chi connectivity index (χ0v) is 33.2. The Hall–Kier alpha value is -8.14. The molecule has 0 fully saturated rings. The van der Waals surface area contributed by atoms with Gasteiger partial charge >= 0.3 is 0 Å². The second-order valence-corrected chi connectivity index (χ2v) is 16.1. The molecule has 0 aliphatic rings. The summed E-state index contributed by atoms with van der Waals surface area (Å²) in [5.41, 5.74) is 13.0. The van der Waals surface area contributed by atoms with Crippen LogP contribution in [0.5, 0.6) is 0 Å². The van der Waals surface area contributed by atoms with Crippen molar-refractivity contribution in [3.8, 4) is 22.5 Å². The quantitative estimate of drug-likeness (QED) is 0.153. The van der Waals surface area contributed by atoms with E-state index in [1.165, 1.54) is 92.7 Å². The lowest BCUT2D eigenvalue weighted by atomic mass is 9.88. The molecule has 0 saturated carbocycles. The molecule has 0 saturated heterocycles. The van der Waals surface area contributed by atoms with Gasteiger partial charge < -0.3 is 14.0 Å². The molecule has 0 radical (unpaired) electrons. The maximum absolute atomic E-state index is 2.48. The smallest absolute Gasteiger partial charge is 0.0553 e. The number of aromatic nitrogens is 2. The van der Waals surface area contributed by atoms with E-state index in [1.807, 2.05) is 0 Å². The molecule has 0 spiro atoms. The fourth-order valence-corrected chi connectivity index (χ4v) is 10.2. The fraction of sp³-hybridized carbons (Fsp3) is 0. The summed E-state index contributed by atoms with van der Waals surface area (Å²) >= 11 is 0. The summed E-state index contributed by atoms with van der Waals surface area (Å²) in [5.74, 6) is 0. The first kappa shape index (κ1) is 33.8. The van der Waals surface area contributed by atoms with Gasteiger partial charge in [0.2, 0.25) is 0 Å². The molecule has 3 nitrogen and oxygen atoms in total. The molecular weight excluding hydrogens is 739 g/mol. The van der Waals surface area contributed by atoms with Crippen LogP contribution in [0.25, 0.3) is 98.4 Å². The molecule has 0 atom stereocenters. The van der Waals surface area contributed by atoms with Crippen LogP contribution in [0, 0.1) is 0 Å². The van der Waals surface area contributed by atoms with Gasteiger partial charge in [-0.05, 0) is 128 Å². The summed E-state index contributed by atoms with van der Waals surface area (Å²) in [5, 5.41) is 12.8. The topological polar surface area (TPSA) is 13.1 Å². The predicted octanol–water partition coefficient (Wildman–Crippen LogP) is 15.9. The third-order valence-corrected chi connectivity index (χ3v) is 12.8. The Balaban J connectivity index is 0.994. The van der Waals surface area contributed by atoms with Gasteiger partial charge in [0.25, 0.3) is 0 Å². The minimum atomic E-state index is 1.12. The van der Waals surface area contributed by atoms with E-state index in [0.717, 1.165) is 22.7 Å². The summed E-state index contributed by atoms with van der Waals surface area (Å²) in [6.45, 7) is 0. The molecule has 284 valence electrons. The van der Waals surface area contributed by atoms with Crippen LogP contribution in [0.1, 0.15) is 0 Å². The molecule has 0 bridgehead atoms. The van der Waals surface area contributed by atoms with Gasteiger partial charge in [-0.3, -0.25) is 0 Å². The number of hydrogen-bond acceptors (Lipinski definition) is 1. The molecule has 13 aromatic rings.